The van der Waals surface area contributed by atoms with E-state index in [0.717, 1.165) is 60.5 Å². The van der Waals surface area contributed by atoms with Crippen LogP contribution in [0.25, 0.3) is 0 Å². The van der Waals surface area contributed by atoms with Crippen molar-refractivity contribution in [1.82, 2.24) is 0 Å². The predicted molar refractivity (Wildman–Crippen MR) is 164 cm³/mol. The monoisotopic (exact) mass is 584 g/mol. The Morgan fingerprint density at radius 3 is 1.55 bits per heavy atom. The summed E-state index contributed by atoms with van der Waals surface area (Å²) in [6, 6.07) is 25.1. The van der Waals surface area contributed by atoms with Crippen molar-refractivity contribution in [3.63, 3.8) is 0 Å². The zero-order valence-electron chi connectivity index (χ0n) is 24.5. The van der Waals surface area contributed by atoms with Crippen LogP contribution in [-0.4, -0.2) is 11.4 Å². The maximum atomic E-state index is 11.0. The molecule has 3 aromatic rings. The molecule has 3 aromatic carbocycles. The summed E-state index contributed by atoms with van der Waals surface area (Å²) in [7, 11) is 0. The summed E-state index contributed by atoms with van der Waals surface area (Å²) < 4.78 is 0. The molecule has 0 fully saturated rings. The van der Waals surface area contributed by atoms with Gasteiger partial charge >= 0.3 is 16.5 Å². The Hall–Kier alpha value is -2.91. The van der Waals surface area contributed by atoms with Crippen molar-refractivity contribution in [1.29, 1.82) is 0 Å². The molecular formula is C35H46N2NiO2. The molecule has 5 heteroatoms. The molecule has 0 aliphatic carbocycles. The second-order valence-electron chi connectivity index (χ2n) is 9.94. The molecule has 218 valence electrons. The first-order chi connectivity index (χ1) is 19.1. The van der Waals surface area contributed by atoms with E-state index in [1.807, 2.05) is 36.4 Å². The molecule has 40 heavy (non-hydrogen) atoms. The summed E-state index contributed by atoms with van der Waals surface area (Å²) in [5.41, 5.74) is 5.34. The average Bonchev–Trinajstić information content (AvgIpc) is 2.96. The van der Waals surface area contributed by atoms with Crippen LogP contribution in [0.15, 0.2) is 88.8 Å². The van der Waals surface area contributed by atoms with Gasteiger partial charge in [0.2, 0.25) is 0 Å². The van der Waals surface area contributed by atoms with Crippen LogP contribution in [0, 0.1) is 0 Å². The molecule has 0 N–H and O–H groups in total. The van der Waals surface area contributed by atoms with Gasteiger partial charge in [0.1, 0.15) is 0 Å². The minimum absolute atomic E-state index is 0. The molecule has 3 rings (SSSR count). The maximum absolute atomic E-state index is 11.0. The Bertz CT molecular complexity index is 1110. The molecule has 0 aliphatic heterocycles. The van der Waals surface area contributed by atoms with Crippen molar-refractivity contribution in [2.45, 2.75) is 97.8 Å². The number of benzene rings is 3. The summed E-state index contributed by atoms with van der Waals surface area (Å²) in [5, 5.41) is 21.7. The molecule has 0 aromatic heterocycles. The van der Waals surface area contributed by atoms with Crippen molar-refractivity contribution in [2.75, 3.05) is 0 Å². The normalized spacial score (nSPS) is 11.4. The molecule has 0 heterocycles. The Labute approximate surface area is 252 Å². The van der Waals surface area contributed by atoms with E-state index in [1.165, 1.54) is 57.1 Å². The number of rotatable bonds is 15. The molecule has 0 aliphatic rings. The van der Waals surface area contributed by atoms with E-state index in [9.17, 15) is 10.2 Å². The molecule has 0 atom stereocenters. The molecule has 4 nitrogen and oxygen atoms in total. The van der Waals surface area contributed by atoms with Crippen molar-refractivity contribution >= 4 is 22.8 Å². The number of aryl methyl sites for hydroxylation is 1. The van der Waals surface area contributed by atoms with Crippen LogP contribution in [0.3, 0.4) is 0 Å². The van der Waals surface area contributed by atoms with E-state index in [1.54, 1.807) is 6.07 Å². The summed E-state index contributed by atoms with van der Waals surface area (Å²) >= 11 is 0. The second-order valence-corrected chi connectivity index (χ2v) is 9.94. The molecule has 0 bridgehead atoms. The second kappa shape index (κ2) is 21.9. The van der Waals surface area contributed by atoms with Gasteiger partial charge in [-0.1, -0.05) is 114 Å². The van der Waals surface area contributed by atoms with Crippen LogP contribution in [0.1, 0.15) is 97.0 Å². The number of nitrogens with zero attached hydrogens (tertiary/aromatic N) is 2. The Morgan fingerprint density at radius 1 is 0.550 bits per heavy atom. The van der Waals surface area contributed by atoms with Crippen molar-refractivity contribution in [3.05, 3.63) is 84.4 Å². The molecule has 0 saturated heterocycles. The minimum Gasteiger partial charge on any atom is -0.873 e. The Kier molecular flexibility index (Phi) is 19.2. The Balaban J connectivity index is 0.000000482. The molecule has 0 spiro atoms. The third kappa shape index (κ3) is 14.5. The average molecular weight is 585 g/mol. The molecule has 0 amide bonds. The quantitative estimate of drug-likeness (QED) is 0.101. The number of hydrogen-bond acceptors (Lipinski definition) is 4. The van der Waals surface area contributed by atoms with Gasteiger partial charge in [-0.05, 0) is 68.4 Å². The summed E-state index contributed by atoms with van der Waals surface area (Å²) in [6.07, 6.45) is 13.6. The SMILES string of the molecule is CCCCCCC(=Nc1ccccc1)C(CCCC)=Nc1ccccc1.CCCCCc1ccc([O-])c([O-])c1.[Ni+2]. The Morgan fingerprint density at radius 2 is 1.05 bits per heavy atom. The number of para-hydroxylation sites is 2. The molecule has 0 radical (unpaired) electrons. The van der Waals surface area contributed by atoms with Crippen LogP contribution in [0.4, 0.5) is 11.4 Å². The topological polar surface area (TPSA) is 70.8 Å². The van der Waals surface area contributed by atoms with Gasteiger partial charge in [-0.3, -0.25) is 9.98 Å². The minimum atomic E-state index is -0.403. The standard InChI is InChI=1S/C24H32N2.C11H16O2.Ni/c1-3-5-7-14-20-24(26-22-17-12-9-13-18-22)23(19-6-4-2)25-21-15-10-8-11-16-21;1-2-3-4-5-9-6-7-10(12)11(13)8-9;/h8-13,15-18H,3-7,14,19-20H2,1-2H3;6-8,12-13H,2-5H2,1H3;/q;;+2/p-2. The number of hydrogen-bond donors (Lipinski definition) is 0. The van der Waals surface area contributed by atoms with Crippen LogP contribution in [0.2, 0.25) is 0 Å². The third-order valence-electron chi connectivity index (χ3n) is 6.49. The first-order valence-electron chi connectivity index (χ1n) is 14.8. The van der Waals surface area contributed by atoms with Gasteiger partial charge in [0.15, 0.2) is 0 Å². The predicted octanol–water partition coefficient (Wildman–Crippen LogP) is 9.26. The fourth-order valence-corrected chi connectivity index (χ4v) is 4.20. The van der Waals surface area contributed by atoms with E-state index in [0.29, 0.717) is 0 Å². The van der Waals surface area contributed by atoms with Crippen LogP contribution >= 0.6 is 0 Å². The van der Waals surface area contributed by atoms with Crippen LogP contribution < -0.4 is 10.2 Å². The fraction of sp³-hybridized carbons (Fsp3) is 0.429. The van der Waals surface area contributed by atoms with Crippen molar-refractivity contribution in [3.8, 4) is 11.5 Å². The number of unbranched alkanes of at least 4 members (excludes halogenated alkanes) is 6. The molecular weight excluding hydrogens is 539 g/mol. The van der Waals surface area contributed by atoms with E-state index >= 15 is 0 Å². The van der Waals surface area contributed by atoms with Gasteiger partial charge in [-0.15, -0.1) is 11.5 Å². The zero-order valence-corrected chi connectivity index (χ0v) is 25.5. The first kappa shape index (κ1) is 35.1. The summed E-state index contributed by atoms with van der Waals surface area (Å²) in [4.78, 5) is 9.97. The van der Waals surface area contributed by atoms with E-state index in [-0.39, 0.29) is 22.2 Å². The largest absolute Gasteiger partial charge is 2.00 e. The summed E-state index contributed by atoms with van der Waals surface area (Å²) in [5.74, 6) is -0.784. The van der Waals surface area contributed by atoms with Crippen molar-refractivity contribution in [2.24, 2.45) is 9.98 Å². The van der Waals surface area contributed by atoms with Gasteiger partial charge < -0.3 is 10.2 Å². The van der Waals surface area contributed by atoms with Gasteiger partial charge in [0.25, 0.3) is 0 Å². The van der Waals surface area contributed by atoms with Gasteiger partial charge in [-0.2, -0.15) is 0 Å². The van der Waals surface area contributed by atoms with Crippen LogP contribution in [0.5, 0.6) is 11.5 Å². The van der Waals surface area contributed by atoms with E-state index in [4.69, 9.17) is 9.98 Å². The first-order valence-corrected chi connectivity index (χ1v) is 14.8. The maximum Gasteiger partial charge on any atom is 2.00 e. The third-order valence-corrected chi connectivity index (χ3v) is 6.49. The molecule has 0 saturated carbocycles. The molecule has 0 unspecified atom stereocenters. The van der Waals surface area contributed by atoms with Gasteiger partial charge in [0.05, 0.1) is 22.8 Å². The zero-order chi connectivity index (χ0) is 28.1. The van der Waals surface area contributed by atoms with E-state index in [2.05, 4.69) is 45.0 Å². The van der Waals surface area contributed by atoms with Crippen molar-refractivity contribution < 1.29 is 26.7 Å². The van der Waals surface area contributed by atoms with Gasteiger partial charge in [0, 0.05) is 0 Å². The smallest absolute Gasteiger partial charge is 0.873 e. The van der Waals surface area contributed by atoms with Crippen LogP contribution in [-0.2, 0) is 22.9 Å². The summed E-state index contributed by atoms with van der Waals surface area (Å²) in [6.45, 7) is 6.62. The van der Waals surface area contributed by atoms with Gasteiger partial charge in [-0.25, -0.2) is 0 Å². The fourth-order valence-electron chi connectivity index (χ4n) is 4.20. The number of aliphatic imine (C=N–C) groups is 2. The van der Waals surface area contributed by atoms with E-state index < -0.39 is 5.75 Å².